The predicted octanol–water partition coefficient (Wildman–Crippen LogP) is 1.22. The van der Waals surface area contributed by atoms with Gasteiger partial charge in [-0.25, -0.2) is 5.14 Å². The van der Waals surface area contributed by atoms with Crippen LogP contribution in [0.1, 0.15) is 37.4 Å². The Morgan fingerprint density at radius 1 is 1.23 bits per heavy atom. The van der Waals surface area contributed by atoms with E-state index in [0.717, 1.165) is 31.2 Å². The zero-order chi connectivity index (χ0) is 15.8. The highest BCUT2D eigenvalue weighted by Crippen LogP contribution is 2.48. The largest absolute Gasteiger partial charge is 0.398 e. The summed E-state index contributed by atoms with van der Waals surface area (Å²) in [4.78, 5) is 0. The van der Waals surface area contributed by atoms with Crippen molar-refractivity contribution in [2.75, 3.05) is 12.3 Å². The summed E-state index contributed by atoms with van der Waals surface area (Å²) in [5.74, 6) is -0.667. The molecule has 8 heteroatoms. The minimum Gasteiger partial charge on any atom is -0.398 e. The molecule has 22 heavy (non-hydrogen) atoms. The van der Waals surface area contributed by atoms with Crippen molar-refractivity contribution < 1.29 is 22.1 Å². The summed E-state index contributed by atoms with van der Waals surface area (Å²) in [7, 11) is -4.03. The van der Waals surface area contributed by atoms with Crippen LogP contribution in [0.15, 0.2) is 24.3 Å². The maximum atomic E-state index is 11.0. The van der Waals surface area contributed by atoms with Crippen molar-refractivity contribution in [1.82, 2.24) is 0 Å². The van der Waals surface area contributed by atoms with E-state index in [2.05, 4.69) is 0 Å². The van der Waals surface area contributed by atoms with Gasteiger partial charge in [-0.2, -0.15) is 8.42 Å². The molecule has 1 aromatic rings. The van der Waals surface area contributed by atoms with Gasteiger partial charge in [-0.05, 0) is 18.9 Å². The Balaban J connectivity index is 1.85. The number of nitrogen functional groups attached to an aromatic ring is 1. The van der Waals surface area contributed by atoms with Crippen molar-refractivity contribution in [2.45, 2.75) is 43.7 Å². The molecule has 0 amide bonds. The lowest BCUT2D eigenvalue weighted by Crippen LogP contribution is -2.29. The topological polar surface area (TPSA) is 114 Å². The second-order valence-electron chi connectivity index (χ2n) is 5.72. The summed E-state index contributed by atoms with van der Waals surface area (Å²) < 4.78 is 38.9. The SMILES string of the molecule is Nc1ccccc1[C@H]1OC2(CCCC2)O[C@@H]1COS(N)(=O)=O. The first-order chi connectivity index (χ1) is 10.4. The second-order valence-corrected chi connectivity index (χ2v) is 6.94. The number of benzene rings is 1. The third-order valence-electron chi connectivity index (χ3n) is 4.11. The number of nitrogens with two attached hydrogens (primary N) is 2. The van der Waals surface area contributed by atoms with Crippen LogP contribution in [0.3, 0.4) is 0 Å². The average Bonchev–Trinajstić information content (AvgIpc) is 3.04. The monoisotopic (exact) mass is 328 g/mol. The summed E-state index contributed by atoms with van der Waals surface area (Å²) in [6.45, 7) is -0.195. The van der Waals surface area contributed by atoms with Crippen LogP contribution in [0.5, 0.6) is 0 Å². The molecule has 3 rings (SSSR count). The molecule has 1 saturated heterocycles. The number of hydrogen-bond donors (Lipinski definition) is 2. The fourth-order valence-corrected chi connectivity index (χ4v) is 3.46. The van der Waals surface area contributed by atoms with Gasteiger partial charge in [-0.1, -0.05) is 18.2 Å². The van der Waals surface area contributed by atoms with Crippen molar-refractivity contribution >= 4 is 16.0 Å². The quantitative estimate of drug-likeness (QED) is 0.803. The van der Waals surface area contributed by atoms with E-state index in [-0.39, 0.29) is 6.61 Å². The molecule has 1 aliphatic heterocycles. The van der Waals surface area contributed by atoms with Gasteiger partial charge in [0.05, 0.1) is 6.61 Å². The van der Waals surface area contributed by atoms with Crippen LogP contribution >= 0.6 is 0 Å². The first kappa shape index (κ1) is 15.7. The minimum atomic E-state index is -4.03. The summed E-state index contributed by atoms with van der Waals surface area (Å²) in [6.07, 6.45) is 2.55. The van der Waals surface area contributed by atoms with Crippen molar-refractivity contribution in [3.05, 3.63) is 29.8 Å². The van der Waals surface area contributed by atoms with E-state index < -0.39 is 28.3 Å². The third-order valence-corrected chi connectivity index (χ3v) is 4.57. The molecule has 0 bridgehead atoms. The molecule has 2 aliphatic rings. The predicted molar refractivity (Wildman–Crippen MR) is 79.8 cm³/mol. The standard InChI is InChI=1S/C14H20N2O5S/c15-11-6-2-1-5-10(11)13-12(9-19-22(16,17)18)20-14(21-13)7-3-4-8-14/h1-2,5-6,12-13H,3-4,7-9,15H2,(H2,16,17,18)/t12-,13-/m1/s1. The van der Waals surface area contributed by atoms with E-state index in [1.807, 2.05) is 18.2 Å². The van der Waals surface area contributed by atoms with Gasteiger partial charge in [-0.3, -0.25) is 4.18 Å². The third kappa shape index (κ3) is 3.26. The zero-order valence-corrected chi connectivity index (χ0v) is 12.9. The maximum Gasteiger partial charge on any atom is 0.333 e. The maximum absolute atomic E-state index is 11.0. The van der Waals surface area contributed by atoms with Crippen LogP contribution in [-0.4, -0.2) is 26.9 Å². The van der Waals surface area contributed by atoms with Crippen LogP contribution in [0.25, 0.3) is 0 Å². The van der Waals surface area contributed by atoms with E-state index in [1.54, 1.807) is 6.07 Å². The molecule has 1 aromatic carbocycles. The van der Waals surface area contributed by atoms with Gasteiger partial charge in [0.15, 0.2) is 5.79 Å². The van der Waals surface area contributed by atoms with Gasteiger partial charge in [0.2, 0.25) is 0 Å². The van der Waals surface area contributed by atoms with E-state index in [4.69, 9.17) is 24.5 Å². The van der Waals surface area contributed by atoms with E-state index >= 15 is 0 Å². The highest BCUT2D eigenvalue weighted by molar-refractivity contribution is 7.84. The smallest absolute Gasteiger partial charge is 0.333 e. The molecule has 4 N–H and O–H groups in total. The number of hydrogen-bond acceptors (Lipinski definition) is 6. The minimum absolute atomic E-state index is 0.195. The van der Waals surface area contributed by atoms with Crippen molar-refractivity contribution in [1.29, 1.82) is 0 Å². The Kier molecular flexibility index (Phi) is 4.13. The highest BCUT2D eigenvalue weighted by Gasteiger charge is 2.50. The van der Waals surface area contributed by atoms with Crippen LogP contribution < -0.4 is 10.9 Å². The van der Waals surface area contributed by atoms with E-state index in [9.17, 15) is 8.42 Å². The molecule has 0 unspecified atom stereocenters. The van der Waals surface area contributed by atoms with Gasteiger partial charge in [0.1, 0.15) is 12.2 Å². The molecular formula is C14H20N2O5S. The van der Waals surface area contributed by atoms with Gasteiger partial charge >= 0.3 is 10.3 Å². The highest BCUT2D eigenvalue weighted by atomic mass is 32.2. The Labute approximate surface area is 129 Å². The molecular weight excluding hydrogens is 308 g/mol. The fourth-order valence-electron chi connectivity index (χ4n) is 3.14. The molecule has 2 atom stereocenters. The Hall–Kier alpha value is -1.19. The van der Waals surface area contributed by atoms with Crippen LogP contribution in [0.2, 0.25) is 0 Å². The van der Waals surface area contributed by atoms with Gasteiger partial charge in [0, 0.05) is 24.1 Å². The first-order valence-corrected chi connectivity index (χ1v) is 8.73. The van der Waals surface area contributed by atoms with Gasteiger partial charge in [-0.15, -0.1) is 0 Å². The number of rotatable bonds is 4. The van der Waals surface area contributed by atoms with Gasteiger partial charge in [0.25, 0.3) is 0 Å². The molecule has 1 saturated carbocycles. The number of ether oxygens (including phenoxy) is 2. The van der Waals surface area contributed by atoms with Gasteiger partial charge < -0.3 is 15.2 Å². The Bertz CT molecular complexity index is 642. The molecule has 1 spiro atoms. The van der Waals surface area contributed by atoms with Crippen LogP contribution in [0.4, 0.5) is 5.69 Å². The van der Waals surface area contributed by atoms with Crippen molar-refractivity contribution in [2.24, 2.45) is 5.14 Å². The summed E-state index contributed by atoms with van der Waals surface area (Å²) in [5, 5.41) is 4.90. The van der Waals surface area contributed by atoms with Crippen LogP contribution in [0, 0.1) is 0 Å². The Morgan fingerprint density at radius 2 is 1.91 bits per heavy atom. The lowest BCUT2D eigenvalue weighted by atomic mass is 10.0. The first-order valence-electron chi connectivity index (χ1n) is 7.26. The lowest BCUT2D eigenvalue weighted by molar-refractivity contribution is -0.171. The molecule has 1 aliphatic carbocycles. The van der Waals surface area contributed by atoms with E-state index in [0.29, 0.717) is 5.69 Å². The molecule has 0 aromatic heterocycles. The normalized spacial score (nSPS) is 27.5. The second kappa shape index (κ2) is 5.78. The number of para-hydroxylation sites is 1. The summed E-state index contributed by atoms with van der Waals surface area (Å²) in [6, 6.07) is 7.30. The van der Waals surface area contributed by atoms with Crippen molar-refractivity contribution in [3.8, 4) is 0 Å². The molecule has 122 valence electrons. The molecule has 0 radical (unpaired) electrons. The van der Waals surface area contributed by atoms with Crippen LogP contribution in [-0.2, 0) is 24.0 Å². The summed E-state index contributed by atoms with van der Waals surface area (Å²) >= 11 is 0. The Morgan fingerprint density at radius 3 is 2.55 bits per heavy atom. The summed E-state index contributed by atoms with van der Waals surface area (Å²) in [5.41, 5.74) is 7.36. The lowest BCUT2D eigenvalue weighted by Gasteiger charge is -2.22. The fraction of sp³-hybridized carbons (Fsp3) is 0.571. The average molecular weight is 328 g/mol. The molecule has 7 nitrogen and oxygen atoms in total. The van der Waals surface area contributed by atoms with E-state index in [1.165, 1.54) is 0 Å². The molecule has 2 fully saturated rings. The molecule has 1 heterocycles. The number of anilines is 1. The zero-order valence-electron chi connectivity index (χ0n) is 12.1. The van der Waals surface area contributed by atoms with Crippen molar-refractivity contribution in [3.63, 3.8) is 0 Å².